The van der Waals surface area contributed by atoms with Crippen molar-refractivity contribution >= 4 is 27.7 Å². The van der Waals surface area contributed by atoms with Gasteiger partial charge in [0.25, 0.3) is 0 Å². The summed E-state index contributed by atoms with van der Waals surface area (Å²) in [5, 5.41) is 0. The number of benzene rings is 1. The Hall–Kier alpha value is -0.760. The van der Waals surface area contributed by atoms with Crippen molar-refractivity contribution in [1.82, 2.24) is 0 Å². The highest BCUT2D eigenvalue weighted by Gasteiger charge is 2.00. The topological polar surface area (TPSA) is 3.24 Å². The van der Waals surface area contributed by atoms with E-state index in [1.165, 1.54) is 5.69 Å². The van der Waals surface area contributed by atoms with E-state index in [1.54, 1.807) is 0 Å². The molecule has 0 radical (unpaired) electrons. The maximum absolute atomic E-state index is 3.76. The molecule has 1 nitrogen and oxygen atoms in total. The fourth-order valence-corrected chi connectivity index (χ4v) is 1.43. The minimum absolute atomic E-state index is 1.09. The van der Waals surface area contributed by atoms with Gasteiger partial charge in [-0.15, -0.1) is 0 Å². The molecule has 0 bridgehead atoms. The van der Waals surface area contributed by atoms with Crippen LogP contribution in [0.3, 0.4) is 0 Å². The van der Waals surface area contributed by atoms with Crippen LogP contribution in [0.5, 0.6) is 0 Å². The number of nitrogens with zero attached hydrogens (tertiary/aromatic N) is 1. The number of rotatable bonds is 2. The van der Waals surface area contributed by atoms with E-state index in [0.29, 0.717) is 0 Å². The highest BCUT2D eigenvalue weighted by Crippen LogP contribution is 2.24. The predicted molar refractivity (Wildman–Crippen MR) is 58.6 cm³/mol. The molecule has 0 saturated heterocycles. The van der Waals surface area contributed by atoms with Gasteiger partial charge in [-0.2, -0.15) is 0 Å². The highest BCUT2D eigenvalue weighted by molar-refractivity contribution is 9.10. The first-order valence-electron chi connectivity index (χ1n) is 3.74. The maximum atomic E-state index is 3.76. The minimum Gasteiger partial charge on any atom is -0.377 e. The van der Waals surface area contributed by atoms with Gasteiger partial charge in [0, 0.05) is 24.3 Å². The molecule has 0 spiro atoms. The summed E-state index contributed by atoms with van der Waals surface area (Å²) in [4.78, 5) is 2.07. The van der Waals surface area contributed by atoms with Crippen LogP contribution in [-0.2, 0) is 0 Å². The molecule has 0 fully saturated rings. The summed E-state index contributed by atoms with van der Waals surface area (Å²) in [5.74, 6) is 0. The van der Waals surface area contributed by atoms with Crippen LogP contribution in [0.2, 0.25) is 0 Å². The van der Waals surface area contributed by atoms with Crippen LogP contribution < -0.4 is 4.90 Å². The van der Waals surface area contributed by atoms with E-state index in [4.69, 9.17) is 0 Å². The molecule has 12 heavy (non-hydrogen) atoms. The fraction of sp³-hybridized carbons (Fsp3) is 0.200. The van der Waals surface area contributed by atoms with Gasteiger partial charge in [0.2, 0.25) is 0 Å². The van der Waals surface area contributed by atoms with Crippen LogP contribution >= 0.6 is 15.9 Å². The number of anilines is 1. The van der Waals surface area contributed by atoms with Crippen LogP contribution in [0.1, 0.15) is 5.56 Å². The number of halogens is 1. The molecule has 0 aromatic heterocycles. The van der Waals surface area contributed by atoms with Gasteiger partial charge in [0.15, 0.2) is 0 Å². The summed E-state index contributed by atoms with van der Waals surface area (Å²) in [6, 6.07) is 6.15. The summed E-state index contributed by atoms with van der Waals surface area (Å²) in [5.41, 5.74) is 2.34. The molecule has 0 aliphatic heterocycles. The molecule has 0 aliphatic carbocycles. The van der Waals surface area contributed by atoms with Crippen LogP contribution in [-0.4, -0.2) is 14.1 Å². The van der Waals surface area contributed by atoms with Gasteiger partial charge >= 0.3 is 0 Å². The lowest BCUT2D eigenvalue weighted by molar-refractivity contribution is 1.13. The minimum atomic E-state index is 1.09. The monoisotopic (exact) mass is 225 g/mol. The van der Waals surface area contributed by atoms with E-state index in [9.17, 15) is 0 Å². The van der Waals surface area contributed by atoms with Crippen molar-refractivity contribution in [3.05, 3.63) is 34.8 Å². The summed E-state index contributed by atoms with van der Waals surface area (Å²) in [6.07, 6.45) is 1.86. The van der Waals surface area contributed by atoms with Crippen molar-refractivity contribution in [3.63, 3.8) is 0 Å². The SMILES string of the molecule is C=Cc1ccc(Br)cc1N(C)C. The van der Waals surface area contributed by atoms with Crippen molar-refractivity contribution in [3.8, 4) is 0 Å². The zero-order valence-electron chi connectivity index (χ0n) is 7.34. The summed E-state index contributed by atoms with van der Waals surface area (Å²) >= 11 is 3.43. The largest absolute Gasteiger partial charge is 0.377 e. The Morgan fingerprint density at radius 1 is 1.42 bits per heavy atom. The van der Waals surface area contributed by atoms with Crippen molar-refractivity contribution < 1.29 is 0 Å². The van der Waals surface area contributed by atoms with Crippen LogP contribution in [0.25, 0.3) is 6.08 Å². The normalized spacial score (nSPS) is 9.58. The van der Waals surface area contributed by atoms with Gasteiger partial charge < -0.3 is 4.90 Å². The molecule has 0 N–H and O–H groups in total. The molecular weight excluding hydrogens is 214 g/mol. The van der Waals surface area contributed by atoms with Gasteiger partial charge in [0.05, 0.1) is 0 Å². The lowest BCUT2D eigenvalue weighted by Crippen LogP contribution is -2.09. The van der Waals surface area contributed by atoms with Crippen molar-refractivity contribution in [2.45, 2.75) is 0 Å². The van der Waals surface area contributed by atoms with Gasteiger partial charge in [-0.25, -0.2) is 0 Å². The molecule has 0 saturated carbocycles. The zero-order chi connectivity index (χ0) is 9.14. The van der Waals surface area contributed by atoms with Crippen LogP contribution in [0, 0.1) is 0 Å². The quantitative estimate of drug-likeness (QED) is 0.748. The third kappa shape index (κ3) is 1.89. The molecule has 0 amide bonds. The first kappa shape index (κ1) is 9.33. The van der Waals surface area contributed by atoms with Crippen molar-refractivity contribution in [2.75, 3.05) is 19.0 Å². The molecular formula is C10H12BrN. The average molecular weight is 226 g/mol. The Bertz CT molecular complexity index is 292. The molecule has 1 aromatic rings. The lowest BCUT2D eigenvalue weighted by atomic mass is 10.1. The first-order valence-corrected chi connectivity index (χ1v) is 4.53. The average Bonchev–Trinajstić information content (AvgIpc) is 2.04. The molecule has 64 valence electrons. The molecule has 0 heterocycles. The van der Waals surface area contributed by atoms with Crippen molar-refractivity contribution in [2.24, 2.45) is 0 Å². The summed E-state index contributed by atoms with van der Waals surface area (Å²) in [7, 11) is 4.05. The maximum Gasteiger partial charge on any atom is 0.0445 e. The molecule has 1 rings (SSSR count). The molecule has 0 atom stereocenters. The standard InChI is InChI=1S/C10H12BrN/c1-4-8-5-6-9(11)7-10(8)12(2)3/h4-7H,1H2,2-3H3. The van der Waals surface area contributed by atoms with Crippen molar-refractivity contribution in [1.29, 1.82) is 0 Å². The fourth-order valence-electron chi connectivity index (χ4n) is 1.08. The molecule has 0 aliphatic rings. The first-order chi connectivity index (χ1) is 5.65. The second-order valence-electron chi connectivity index (χ2n) is 2.80. The van der Waals surface area contributed by atoms with Gasteiger partial charge in [-0.1, -0.05) is 34.7 Å². The van der Waals surface area contributed by atoms with E-state index >= 15 is 0 Å². The second-order valence-corrected chi connectivity index (χ2v) is 3.72. The number of hydrogen-bond donors (Lipinski definition) is 0. The number of hydrogen-bond acceptors (Lipinski definition) is 1. The third-order valence-electron chi connectivity index (χ3n) is 1.69. The lowest BCUT2D eigenvalue weighted by Gasteiger charge is -2.15. The molecule has 2 heteroatoms. The highest BCUT2D eigenvalue weighted by atomic mass is 79.9. The summed E-state index contributed by atoms with van der Waals surface area (Å²) in [6.45, 7) is 3.76. The Kier molecular flexibility index (Phi) is 2.93. The predicted octanol–water partition coefficient (Wildman–Crippen LogP) is 3.16. The Morgan fingerprint density at radius 2 is 2.08 bits per heavy atom. The van der Waals surface area contributed by atoms with Gasteiger partial charge in [-0.05, 0) is 17.7 Å². The Morgan fingerprint density at radius 3 is 2.58 bits per heavy atom. The van der Waals surface area contributed by atoms with Gasteiger partial charge in [0.1, 0.15) is 0 Å². The summed E-state index contributed by atoms with van der Waals surface area (Å²) < 4.78 is 1.09. The zero-order valence-corrected chi connectivity index (χ0v) is 8.93. The second kappa shape index (κ2) is 3.76. The van der Waals surface area contributed by atoms with Crippen LogP contribution in [0.15, 0.2) is 29.3 Å². The molecule has 0 unspecified atom stereocenters. The molecule has 1 aromatic carbocycles. The van der Waals surface area contributed by atoms with Gasteiger partial charge in [-0.3, -0.25) is 0 Å². The van der Waals surface area contributed by atoms with E-state index in [0.717, 1.165) is 10.0 Å². The Balaban J connectivity index is 3.21. The van der Waals surface area contributed by atoms with E-state index < -0.39 is 0 Å². The van der Waals surface area contributed by atoms with E-state index in [-0.39, 0.29) is 0 Å². The Labute approximate surface area is 81.8 Å². The smallest absolute Gasteiger partial charge is 0.0445 e. The van der Waals surface area contributed by atoms with E-state index in [1.807, 2.05) is 32.3 Å². The van der Waals surface area contributed by atoms with E-state index in [2.05, 4.69) is 33.5 Å². The van der Waals surface area contributed by atoms with Crippen LogP contribution in [0.4, 0.5) is 5.69 Å². The third-order valence-corrected chi connectivity index (χ3v) is 2.19.